The average Bonchev–Trinajstić information content (AvgIpc) is 3.66. The van der Waals surface area contributed by atoms with Gasteiger partial charge in [-0.3, -0.25) is 14.4 Å². The zero-order valence-corrected chi connectivity index (χ0v) is 35.4. The Morgan fingerprint density at radius 3 is 2.17 bits per heavy atom. The normalized spacial score (nSPS) is 19.2. The van der Waals surface area contributed by atoms with Crippen molar-refractivity contribution in [3.8, 4) is 0 Å². The summed E-state index contributed by atoms with van der Waals surface area (Å²) in [6.07, 6.45) is 18.8. The van der Waals surface area contributed by atoms with Crippen LogP contribution in [0.2, 0.25) is 0 Å². The maximum atomic E-state index is 12.9. The van der Waals surface area contributed by atoms with Gasteiger partial charge < -0.3 is 25.4 Å². The maximum absolute atomic E-state index is 12.9. The molecule has 0 radical (unpaired) electrons. The van der Waals surface area contributed by atoms with Crippen molar-refractivity contribution in [2.45, 2.75) is 142 Å². The van der Waals surface area contributed by atoms with Crippen LogP contribution < -0.4 is 16.0 Å². The molecule has 0 bridgehead atoms. The smallest absolute Gasteiger partial charge is 0.418 e. The van der Waals surface area contributed by atoms with Gasteiger partial charge in [0.15, 0.2) is 0 Å². The fourth-order valence-corrected chi connectivity index (χ4v) is 8.86. The highest BCUT2D eigenvalue weighted by atomic mass is 32.2. The van der Waals surface area contributed by atoms with Gasteiger partial charge in [0.25, 0.3) is 0 Å². The summed E-state index contributed by atoms with van der Waals surface area (Å²) in [5.41, 5.74) is 5.56. The second kappa shape index (κ2) is 26.6. The van der Waals surface area contributed by atoms with Crippen LogP contribution in [0.15, 0.2) is 46.6 Å². The molecule has 0 saturated carbocycles. The number of nitrogens with zero attached hydrogens (tertiary/aromatic N) is 1. The number of carbonyl (C=O) groups is 5. The van der Waals surface area contributed by atoms with Crippen LogP contribution in [0.5, 0.6) is 0 Å². The second-order valence-corrected chi connectivity index (χ2v) is 16.9. The number of ether oxygens (including phenoxy) is 2. The van der Waals surface area contributed by atoms with Crippen molar-refractivity contribution in [3.63, 3.8) is 0 Å². The van der Waals surface area contributed by atoms with Crippen molar-refractivity contribution in [1.82, 2.24) is 20.9 Å². The topological polar surface area (TPSA) is 143 Å². The summed E-state index contributed by atoms with van der Waals surface area (Å²) in [4.78, 5) is 62.6. The lowest BCUT2D eigenvalue weighted by Crippen LogP contribution is -2.47. The van der Waals surface area contributed by atoms with E-state index in [0.717, 1.165) is 63.5 Å². The van der Waals surface area contributed by atoms with E-state index in [0.29, 0.717) is 37.3 Å². The lowest BCUT2D eigenvalue weighted by molar-refractivity contribution is -0.140. The number of thioether (sulfide) groups is 2. The van der Waals surface area contributed by atoms with E-state index in [9.17, 15) is 24.0 Å². The number of carbonyl (C=O) groups excluding carboxylic acids is 5. The van der Waals surface area contributed by atoms with Gasteiger partial charge in [0, 0.05) is 42.4 Å². The molecule has 0 aromatic heterocycles. The molecule has 304 valence electrons. The third-order valence-electron chi connectivity index (χ3n) is 9.46. The summed E-state index contributed by atoms with van der Waals surface area (Å²) < 4.78 is 10.1. The van der Waals surface area contributed by atoms with Crippen molar-refractivity contribution >= 4 is 53.4 Å². The predicted octanol–water partition coefficient (Wildman–Crippen LogP) is 8.01. The molecule has 3 N–H and O–H groups in total. The lowest BCUT2D eigenvalue weighted by atomic mass is 10.0. The fourth-order valence-electron chi connectivity index (χ4n) is 6.26. The Hall–Kier alpha value is -3.19. The minimum Gasteiger partial charge on any atom is -0.469 e. The monoisotopic (exact) mass is 790 g/mol. The van der Waals surface area contributed by atoms with Gasteiger partial charge in [-0.2, -0.15) is 23.5 Å². The molecule has 2 fully saturated rings. The second-order valence-electron chi connectivity index (χ2n) is 14.6. The molecule has 2 aliphatic heterocycles. The van der Waals surface area contributed by atoms with Crippen molar-refractivity contribution in [3.05, 3.63) is 46.6 Å². The SMILES string of the molecule is COC(=O)CCCCC1SCC2C1NC(=O)N2C(=O)OCCCCNC(=O)[C@H](CSC/C=C(\C)CC/C=C(\C)CC/C=C(\C)CCC=C(C)C)NC(C)=O. The number of imide groups is 1. The summed E-state index contributed by atoms with van der Waals surface area (Å²) >= 11 is 3.33. The summed E-state index contributed by atoms with van der Waals surface area (Å²) in [5.74, 6) is 1.13. The van der Waals surface area contributed by atoms with Crippen LogP contribution in [0.25, 0.3) is 0 Å². The van der Waals surface area contributed by atoms with E-state index in [1.54, 1.807) is 23.5 Å². The molecule has 0 aliphatic carbocycles. The number of hydrogen-bond donors (Lipinski definition) is 3. The molecule has 0 aromatic rings. The van der Waals surface area contributed by atoms with Gasteiger partial charge in [-0.15, -0.1) is 0 Å². The molecule has 4 atom stereocenters. The van der Waals surface area contributed by atoms with E-state index >= 15 is 0 Å². The molecule has 2 aliphatic rings. The molecule has 2 saturated heterocycles. The number of amides is 5. The molecule has 11 nitrogen and oxygen atoms in total. The minimum atomic E-state index is -0.658. The van der Waals surface area contributed by atoms with Crippen LogP contribution in [-0.2, 0) is 23.9 Å². The number of methoxy groups -OCH3 is 1. The molecule has 5 amide bonds. The van der Waals surface area contributed by atoms with Crippen molar-refractivity contribution in [2.24, 2.45) is 0 Å². The van der Waals surface area contributed by atoms with Gasteiger partial charge in [-0.1, -0.05) is 53.0 Å². The Morgan fingerprint density at radius 2 is 1.54 bits per heavy atom. The molecule has 13 heteroatoms. The largest absolute Gasteiger partial charge is 0.469 e. The maximum Gasteiger partial charge on any atom is 0.418 e. The molecular formula is C41H66N4O7S2. The van der Waals surface area contributed by atoms with Crippen molar-refractivity contribution in [2.75, 3.05) is 37.5 Å². The highest BCUT2D eigenvalue weighted by Gasteiger charge is 2.51. The number of nitrogens with one attached hydrogen (secondary N) is 3. The van der Waals surface area contributed by atoms with Crippen LogP contribution in [0.4, 0.5) is 9.59 Å². The Labute approximate surface area is 332 Å². The van der Waals surface area contributed by atoms with Gasteiger partial charge in [0.05, 0.1) is 25.8 Å². The van der Waals surface area contributed by atoms with Crippen molar-refractivity contribution in [1.29, 1.82) is 0 Å². The summed E-state index contributed by atoms with van der Waals surface area (Å²) in [6, 6.07) is -1.47. The number of rotatable bonds is 25. The zero-order chi connectivity index (χ0) is 39.9. The average molecular weight is 791 g/mol. The highest BCUT2D eigenvalue weighted by Crippen LogP contribution is 2.37. The van der Waals surface area contributed by atoms with E-state index in [1.807, 2.05) is 0 Å². The lowest BCUT2D eigenvalue weighted by Gasteiger charge is -2.20. The third-order valence-corrected chi connectivity index (χ3v) is 11.9. The molecule has 0 spiro atoms. The Morgan fingerprint density at radius 1 is 0.889 bits per heavy atom. The number of unbranched alkanes of at least 4 members (excludes halogenated alkanes) is 2. The molecule has 2 rings (SSSR count). The predicted molar refractivity (Wildman–Crippen MR) is 222 cm³/mol. The standard InChI is InChI=1S/C41H66N4O7S2/c1-29(2)15-12-16-30(3)17-13-18-31(4)19-14-20-32(5)23-26-53-27-34(43-33(6)46)39(48)42-24-10-11-25-52-41(50)45-35-28-54-36(38(35)44-40(45)49)21-8-9-22-37(47)51-7/h15,17,19,23,34-36,38H,8-14,16,18,20-22,24-28H2,1-7H3,(H,42,48)(H,43,46)(H,44,49)/b30-17+,31-19+,32-23+/t34-,35?,36?,38?/m0/s1. The third kappa shape index (κ3) is 18.9. The molecule has 54 heavy (non-hydrogen) atoms. The van der Waals surface area contributed by atoms with Gasteiger partial charge in [-0.25, -0.2) is 14.5 Å². The van der Waals surface area contributed by atoms with Gasteiger partial charge >= 0.3 is 18.1 Å². The Bertz CT molecular complexity index is 1360. The number of fused-ring (bicyclic) bond motifs is 1. The van der Waals surface area contributed by atoms with Crippen LogP contribution in [0.1, 0.15) is 119 Å². The number of hydrogen-bond acceptors (Lipinski definition) is 9. The minimum absolute atomic E-state index is 0.125. The van der Waals surface area contributed by atoms with Crippen LogP contribution in [0.3, 0.4) is 0 Å². The Balaban J connectivity index is 1.63. The van der Waals surface area contributed by atoms with Crippen molar-refractivity contribution < 1.29 is 33.4 Å². The number of urea groups is 1. The van der Waals surface area contributed by atoms with Crippen LogP contribution >= 0.6 is 23.5 Å². The first kappa shape index (κ1) is 47.0. The fraction of sp³-hybridized carbons (Fsp3) is 0.683. The van der Waals surface area contributed by atoms with Gasteiger partial charge in [0.2, 0.25) is 11.8 Å². The molecule has 3 unspecified atom stereocenters. The summed E-state index contributed by atoms with van der Waals surface area (Å²) in [6.45, 7) is 12.8. The molecular weight excluding hydrogens is 725 g/mol. The Kier molecular flexibility index (Phi) is 23.1. The van der Waals surface area contributed by atoms with E-state index in [2.05, 4.69) is 79.6 Å². The highest BCUT2D eigenvalue weighted by molar-refractivity contribution is 8.00. The van der Waals surface area contributed by atoms with Crippen LogP contribution in [-0.4, -0.2) is 95.7 Å². The van der Waals surface area contributed by atoms with Crippen LogP contribution in [0, 0.1) is 0 Å². The molecule has 0 aromatic carbocycles. The quantitative estimate of drug-likeness (QED) is 0.0363. The first-order valence-corrected chi connectivity index (χ1v) is 21.7. The van der Waals surface area contributed by atoms with E-state index in [-0.39, 0.29) is 41.7 Å². The van der Waals surface area contributed by atoms with E-state index < -0.39 is 18.2 Å². The van der Waals surface area contributed by atoms with E-state index in [1.165, 1.54) is 41.2 Å². The van der Waals surface area contributed by atoms with Gasteiger partial charge in [-0.05, 0) is 98.8 Å². The van der Waals surface area contributed by atoms with Gasteiger partial charge in [0.1, 0.15) is 6.04 Å². The zero-order valence-electron chi connectivity index (χ0n) is 33.8. The van der Waals surface area contributed by atoms with E-state index in [4.69, 9.17) is 4.74 Å². The summed E-state index contributed by atoms with van der Waals surface area (Å²) in [7, 11) is 1.38. The number of esters is 1. The first-order chi connectivity index (χ1) is 25.8. The first-order valence-electron chi connectivity index (χ1n) is 19.5. The molecule has 2 heterocycles. The summed E-state index contributed by atoms with van der Waals surface area (Å²) in [5, 5.41) is 8.76. The number of allylic oxidation sites excluding steroid dienone is 7.